The van der Waals surface area contributed by atoms with Crippen LogP contribution in [0, 0.1) is 5.92 Å². The van der Waals surface area contributed by atoms with Gasteiger partial charge in [0.15, 0.2) is 11.5 Å². The van der Waals surface area contributed by atoms with Crippen molar-refractivity contribution in [1.29, 1.82) is 0 Å². The number of benzene rings is 2. The van der Waals surface area contributed by atoms with Crippen molar-refractivity contribution in [2.45, 2.75) is 25.3 Å². The topological polar surface area (TPSA) is 86.3 Å². The van der Waals surface area contributed by atoms with Crippen LogP contribution in [-0.4, -0.2) is 46.0 Å². The Morgan fingerprint density at radius 3 is 2.66 bits per heavy atom. The van der Waals surface area contributed by atoms with Crippen LogP contribution in [0.1, 0.15) is 30.9 Å². The molecule has 1 N–H and O–H groups in total. The Morgan fingerprint density at radius 1 is 1.12 bits per heavy atom. The first-order valence-electron chi connectivity index (χ1n) is 10.7. The highest BCUT2D eigenvalue weighted by atomic mass is 16.7. The van der Waals surface area contributed by atoms with Crippen LogP contribution in [0.3, 0.4) is 0 Å². The van der Waals surface area contributed by atoms with Crippen molar-refractivity contribution in [3.8, 4) is 17.2 Å². The van der Waals surface area contributed by atoms with Gasteiger partial charge in [-0.1, -0.05) is 12.1 Å². The Kier molecular flexibility index (Phi) is 6.80. The summed E-state index contributed by atoms with van der Waals surface area (Å²) in [5, 5.41) is 3.01. The average molecular weight is 440 g/mol. The van der Waals surface area contributed by atoms with Gasteiger partial charge in [-0.2, -0.15) is 0 Å². The van der Waals surface area contributed by atoms with E-state index in [0.717, 1.165) is 12.0 Å². The van der Waals surface area contributed by atoms with Crippen molar-refractivity contribution in [2.24, 2.45) is 5.92 Å². The van der Waals surface area contributed by atoms with E-state index in [1.54, 1.807) is 31.3 Å². The first-order chi connectivity index (χ1) is 15.6. The molecule has 2 aliphatic heterocycles. The van der Waals surface area contributed by atoms with E-state index < -0.39 is 12.0 Å². The van der Waals surface area contributed by atoms with Crippen LogP contribution in [0.4, 0.5) is 5.69 Å². The molecule has 2 heterocycles. The highest BCUT2D eigenvalue weighted by molar-refractivity contribution is 5.97. The lowest BCUT2D eigenvalue weighted by molar-refractivity contribution is -0.129. The summed E-state index contributed by atoms with van der Waals surface area (Å²) in [4.78, 5) is 28.0. The molecule has 8 nitrogen and oxygen atoms in total. The molecule has 0 radical (unpaired) electrons. The second kappa shape index (κ2) is 9.91. The average Bonchev–Trinajstić information content (AvgIpc) is 3.29. The zero-order valence-corrected chi connectivity index (χ0v) is 18.3. The first-order valence-corrected chi connectivity index (χ1v) is 10.7. The van der Waals surface area contributed by atoms with Crippen LogP contribution < -0.4 is 24.4 Å². The van der Waals surface area contributed by atoms with Crippen molar-refractivity contribution >= 4 is 17.5 Å². The second-order valence-corrected chi connectivity index (χ2v) is 7.80. The second-order valence-electron chi connectivity index (χ2n) is 7.80. The zero-order valence-electron chi connectivity index (χ0n) is 18.3. The van der Waals surface area contributed by atoms with Gasteiger partial charge < -0.3 is 29.2 Å². The smallest absolute Gasteiger partial charge is 0.231 e. The van der Waals surface area contributed by atoms with E-state index in [-0.39, 0.29) is 25.0 Å². The van der Waals surface area contributed by atoms with Crippen LogP contribution >= 0.6 is 0 Å². The minimum atomic E-state index is -0.454. The van der Waals surface area contributed by atoms with Gasteiger partial charge in [0.05, 0.1) is 19.1 Å². The summed E-state index contributed by atoms with van der Waals surface area (Å²) in [6, 6.07) is 12.5. The molecule has 0 spiro atoms. The predicted octanol–water partition coefficient (Wildman–Crippen LogP) is 3.06. The lowest BCUT2D eigenvalue weighted by Gasteiger charge is -2.41. The molecule has 0 unspecified atom stereocenters. The van der Waals surface area contributed by atoms with Gasteiger partial charge in [-0.15, -0.1) is 0 Å². The van der Waals surface area contributed by atoms with E-state index in [1.807, 2.05) is 30.3 Å². The summed E-state index contributed by atoms with van der Waals surface area (Å²) in [5.74, 6) is 1.45. The molecule has 2 aromatic rings. The van der Waals surface area contributed by atoms with Crippen LogP contribution in [0.5, 0.6) is 17.2 Å². The Bertz CT molecular complexity index is 961. The molecule has 32 heavy (non-hydrogen) atoms. The number of hydrogen-bond donors (Lipinski definition) is 1. The molecule has 1 fully saturated rings. The number of methoxy groups -OCH3 is 2. The van der Waals surface area contributed by atoms with Crippen molar-refractivity contribution in [3.63, 3.8) is 0 Å². The third kappa shape index (κ3) is 4.50. The molecule has 0 aliphatic carbocycles. The summed E-state index contributed by atoms with van der Waals surface area (Å²) in [6.45, 7) is 1.26. The quantitative estimate of drug-likeness (QED) is 0.635. The number of nitrogens with zero attached hydrogens (tertiary/aromatic N) is 1. The minimum absolute atomic E-state index is 0.0342. The van der Waals surface area contributed by atoms with Crippen LogP contribution in [0.2, 0.25) is 0 Å². The van der Waals surface area contributed by atoms with E-state index in [0.29, 0.717) is 42.5 Å². The Labute approximate surface area is 187 Å². The summed E-state index contributed by atoms with van der Waals surface area (Å²) in [5.41, 5.74) is 1.55. The van der Waals surface area contributed by atoms with Gasteiger partial charge >= 0.3 is 0 Å². The first kappa shape index (κ1) is 22.0. The molecule has 2 amide bonds. The van der Waals surface area contributed by atoms with Gasteiger partial charge in [0, 0.05) is 38.4 Å². The molecule has 8 heteroatoms. The number of nitrogens with one attached hydrogen (secondary N) is 1. The maximum Gasteiger partial charge on any atom is 0.231 e. The van der Waals surface area contributed by atoms with Gasteiger partial charge in [-0.05, 0) is 42.7 Å². The van der Waals surface area contributed by atoms with E-state index in [1.165, 1.54) is 0 Å². The number of fused-ring (bicyclic) bond motifs is 1. The van der Waals surface area contributed by atoms with Crippen molar-refractivity contribution in [2.75, 3.05) is 39.1 Å². The molecule has 0 bridgehead atoms. The standard InChI is InChI=1S/C24H28N2O6/c1-29-13-3-12-25-24(28)19-9-11-22(27)26(17-6-10-20-21(14-17)32-15-31-20)23(19)16-4-7-18(30-2)8-5-16/h4-8,10,14,19,23H,3,9,11-13,15H2,1-2H3,(H,25,28)/t19-,23-/m0/s1. The Hall–Kier alpha value is -3.26. The fraction of sp³-hybridized carbons (Fsp3) is 0.417. The number of anilines is 1. The molecule has 1 saturated heterocycles. The lowest BCUT2D eigenvalue weighted by atomic mass is 9.83. The van der Waals surface area contributed by atoms with Crippen LogP contribution in [0.15, 0.2) is 42.5 Å². The fourth-order valence-corrected chi connectivity index (χ4v) is 4.25. The highest BCUT2D eigenvalue weighted by Gasteiger charge is 2.41. The Balaban J connectivity index is 1.68. The fourth-order valence-electron chi connectivity index (χ4n) is 4.25. The largest absolute Gasteiger partial charge is 0.497 e. The lowest BCUT2D eigenvalue weighted by Crippen LogP contribution is -2.48. The number of hydrogen-bond acceptors (Lipinski definition) is 6. The van der Waals surface area contributed by atoms with Gasteiger partial charge in [0.2, 0.25) is 18.6 Å². The monoisotopic (exact) mass is 440 g/mol. The summed E-state index contributed by atoms with van der Waals surface area (Å²) >= 11 is 0. The van der Waals surface area contributed by atoms with E-state index in [2.05, 4.69) is 5.32 Å². The van der Waals surface area contributed by atoms with Crippen molar-refractivity contribution < 1.29 is 28.5 Å². The summed E-state index contributed by atoms with van der Waals surface area (Å²) in [7, 11) is 3.24. The van der Waals surface area contributed by atoms with Gasteiger partial charge in [0.1, 0.15) is 5.75 Å². The molecule has 0 aromatic heterocycles. The molecular weight excluding hydrogens is 412 g/mol. The number of carbonyl (C=O) groups is 2. The zero-order chi connectivity index (χ0) is 22.5. The number of rotatable bonds is 8. The molecular formula is C24H28N2O6. The third-order valence-corrected chi connectivity index (χ3v) is 5.85. The Morgan fingerprint density at radius 2 is 1.91 bits per heavy atom. The van der Waals surface area contributed by atoms with E-state index >= 15 is 0 Å². The molecule has 2 aromatic carbocycles. The third-order valence-electron chi connectivity index (χ3n) is 5.85. The van der Waals surface area contributed by atoms with Crippen molar-refractivity contribution in [1.82, 2.24) is 5.32 Å². The molecule has 2 atom stereocenters. The predicted molar refractivity (Wildman–Crippen MR) is 118 cm³/mol. The molecule has 2 aliphatic rings. The molecule has 4 rings (SSSR count). The minimum Gasteiger partial charge on any atom is -0.497 e. The van der Waals surface area contributed by atoms with Gasteiger partial charge in [-0.3, -0.25) is 9.59 Å². The van der Waals surface area contributed by atoms with Gasteiger partial charge in [-0.25, -0.2) is 0 Å². The highest BCUT2D eigenvalue weighted by Crippen LogP contribution is 2.43. The van der Waals surface area contributed by atoms with E-state index in [9.17, 15) is 9.59 Å². The number of ether oxygens (including phenoxy) is 4. The summed E-state index contributed by atoms with van der Waals surface area (Å²) < 4.78 is 21.3. The molecule has 0 saturated carbocycles. The molecule has 170 valence electrons. The maximum absolute atomic E-state index is 13.2. The number of amides is 2. The number of piperidine rings is 1. The van der Waals surface area contributed by atoms with Crippen molar-refractivity contribution in [3.05, 3.63) is 48.0 Å². The normalized spacial score (nSPS) is 19.7. The SMILES string of the molecule is COCCCNC(=O)[C@H]1CCC(=O)N(c2ccc3c(c2)OCO3)[C@H]1c1ccc(OC)cc1. The van der Waals surface area contributed by atoms with Crippen LogP contribution in [-0.2, 0) is 14.3 Å². The van der Waals surface area contributed by atoms with Gasteiger partial charge in [0.25, 0.3) is 0 Å². The maximum atomic E-state index is 13.2. The van der Waals surface area contributed by atoms with Crippen LogP contribution in [0.25, 0.3) is 0 Å². The van der Waals surface area contributed by atoms with E-state index in [4.69, 9.17) is 18.9 Å². The number of carbonyl (C=O) groups excluding carboxylic acids is 2. The summed E-state index contributed by atoms with van der Waals surface area (Å²) in [6.07, 6.45) is 1.50.